The molecule has 3 aliphatic carbocycles. The Morgan fingerprint density at radius 3 is 2.54 bits per heavy atom. The summed E-state index contributed by atoms with van der Waals surface area (Å²) in [5, 5.41) is 10.3. The third-order valence-electron chi connectivity index (χ3n) is 12.4. The Morgan fingerprint density at radius 1 is 1.07 bits per heavy atom. The summed E-state index contributed by atoms with van der Waals surface area (Å²) < 4.78 is 36.0. The number of aliphatic hydroxyl groups excluding tert-OH is 1. The predicted molar refractivity (Wildman–Crippen MR) is 147 cm³/mol. The van der Waals surface area contributed by atoms with Gasteiger partial charge in [-0.1, -0.05) is 13.8 Å². The minimum atomic E-state index is -0.719. The Hall–Kier alpha value is -1.52. The molecule has 6 rings (SSSR count). The first kappa shape index (κ1) is 29.5. The highest BCUT2D eigenvalue weighted by Crippen LogP contribution is 2.70. The van der Waals surface area contributed by atoms with Crippen LogP contribution in [0, 0.1) is 34.5 Å². The Morgan fingerprint density at radius 2 is 1.85 bits per heavy atom. The number of carbonyl (C=O) groups is 2. The quantitative estimate of drug-likeness (QED) is 0.379. The van der Waals surface area contributed by atoms with E-state index >= 15 is 0 Å². The van der Waals surface area contributed by atoms with E-state index in [0.717, 1.165) is 50.5 Å². The van der Waals surface area contributed by atoms with Crippen LogP contribution < -0.4 is 0 Å². The minimum absolute atomic E-state index is 0.131. The van der Waals surface area contributed by atoms with E-state index in [-0.39, 0.29) is 59.9 Å². The Kier molecular flexibility index (Phi) is 7.62. The maximum Gasteiger partial charge on any atom is 0.331 e. The van der Waals surface area contributed by atoms with Crippen molar-refractivity contribution >= 4 is 11.9 Å². The first-order valence-electron chi connectivity index (χ1n) is 15.6. The standard InChI is InChI=1S/C32H48O9/c1-17-28(35)24(36-6)15-26(38-17)40-21-9-11-30(3)20(14-21)7-8-23-22(30)10-12-31(4)27(19-13-25(34)37-16-19)29(39-18(2)33)41-32(23,31)5/h13,17,20-24,26-29,35H,7-12,14-16H2,1-6H3. The second-order valence-electron chi connectivity index (χ2n) is 14.3. The normalized spacial score (nSPS) is 51.2. The van der Waals surface area contributed by atoms with Gasteiger partial charge in [0.2, 0.25) is 6.29 Å². The molecule has 230 valence electrons. The highest BCUT2D eigenvalue weighted by molar-refractivity contribution is 5.85. The zero-order valence-electron chi connectivity index (χ0n) is 25.4. The maximum absolute atomic E-state index is 12.1. The van der Waals surface area contributed by atoms with Crippen LogP contribution in [0.15, 0.2) is 11.6 Å². The van der Waals surface area contributed by atoms with Gasteiger partial charge in [0.1, 0.15) is 12.7 Å². The van der Waals surface area contributed by atoms with Gasteiger partial charge in [-0.2, -0.15) is 0 Å². The van der Waals surface area contributed by atoms with E-state index in [4.69, 9.17) is 28.4 Å². The third-order valence-corrected chi connectivity index (χ3v) is 12.4. The van der Waals surface area contributed by atoms with Crippen molar-refractivity contribution in [1.82, 2.24) is 0 Å². The molecule has 3 aliphatic heterocycles. The Balaban J connectivity index is 1.19. The van der Waals surface area contributed by atoms with Gasteiger partial charge in [-0.3, -0.25) is 4.79 Å². The minimum Gasteiger partial charge on any atom is -0.458 e. The molecular weight excluding hydrogens is 528 g/mol. The van der Waals surface area contributed by atoms with Gasteiger partial charge in [0.05, 0.1) is 29.8 Å². The fourth-order valence-corrected chi connectivity index (χ4v) is 10.0. The lowest BCUT2D eigenvalue weighted by Gasteiger charge is -2.63. The molecule has 1 N–H and O–H groups in total. The van der Waals surface area contributed by atoms with Gasteiger partial charge in [-0.05, 0) is 87.5 Å². The van der Waals surface area contributed by atoms with Crippen LogP contribution in [-0.4, -0.2) is 73.4 Å². The van der Waals surface area contributed by atoms with Crippen molar-refractivity contribution < 1.29 is 43.1 Å². The summed E-state index contributed by atoms with van der Waals surface area (Å²) in [6.07, 6.45) is 7.17. The fraction of sp³-hybridized carbons (Fsp3) is 0.875. The van der Waals surface area contributed by atoms with Gasteiger partial charge in [-0.25, -0.2) is 4.79 Å². The largest absolute Gasteiger partial charge is 0.458 e. The second-order valence-corrected chi connectivity index (χ2v) is 14.3. The van der Waals surface area contributed by atoms with Gasteiger partial charge in [0.15, 0.2) is 6.29 Å². The lowest BCUT2D eigenvalue weighted by molar-refractivity contribution is -0.274. The molecule has 0 spiro atoms. The van der Waals surface area contributed by atoms with E-state index in [1.54, 1.807) is 13.2 Å². The van der Waals surface area contributed by atoms with Crippen LogP contribution >= 0.6 is 0 Å². The van der Waals surface area contributed by atoms with Gasteiger partial charge in [-0.15, -0.1) is 0 Å². The van der Waals surface area contributed by atoms with E-state index in [0.29, 0.717) is 24.2 Å². The summed E-state index contributed by atoms with van der Waals surface area (Å²) in [6.45, 7) is 10.5. The number of carbonyl (C=O) groups excluding carboxylic acids is 2. The van der Waals surface area contributed by atoms with Gasteiger partial charge >= 0.3 is 11.9 Å². The van der Waals surface area contributed by atoms with Crippen LogP contribution in [0.4, 0.5) is 0 Å². The number of cyclic esters (lactones) is 1. The molecule has 0 radical (unpaired) electrons. The molecule has 0 amide bonds. The van der Waals surface area contributed by atoms with Crippen LogP contribution in [0.2, 0.25) is 0 Å². The molecule has 13 atom stereocenters. The number of fused-ring (bicyclic) bond motifs is 5. The zero-order chi connectivity index (χ0) is 29.3. The molecule has 3 saturated carbocycles. The predicted octanol–water partition coefficient (Wildman–Crippen LogP) is 4.29. The lowest BCUT2D eigenvalue weighted by atomic mass is 9.42. The molecule has 9 nitrogen and oxygen atoms in total. The average Bonchev–Trinajstić information content (AvgIpc) is 3.42. The van der Waals surface area contributed by atoms with Gasteiger partial charge in [0.25, 0.3) is 0 Å². The van der Waals surface area contributed by atoms with Crippen molar-refractivity contribution in [1.29, 1.82) is 0 Å². The SMILES string of the molecule is COC1CC(OC2CCC3(C)C(CCC4C3CCC3(C)C(C5=CC(=O)OC5)C(OC(C)=O)OC43C)C2)OC(C)C1O. The Bertz CT molecular complexity index is 1080. The molecule has 0 aromatic rings. The molecular formula is C32H48O9. The smallest absolute Gasteiger partial charge is 0.331 e. The first-order valence-corrected chi connectivity index (χ1v) is 15.6. The number of aliphatic hydroxyl groups is 1. The number of rotatable bonds is 5. The highest BCUT2D eigenvalue weighted by atomic mass is 16.7. The number of ether oxygens (including phenoxy) is 6. The number of hydrogen-bond acceptors (Lipinski definition) is 9. The van der Waals surface area contributed by atoms with E-state index in [1.165, 1.54) is 6.92 Å². The van der Waals surface area contributed by atoms with Crippen LogP contribution in [0.3, 0.4) is 0 Å². The molecule has 5 fully saturated rings. The zero-order valence-corrected chi connectivity index (χ0v) is 25.4. The third kappa shape index (κ3) is 4.69. The van der Waals surface area contributed by atoms with Crippen molar-refractivity contribution in [2.75, 3.05) is 13.7 Å². The molecule has 0 aromatic carbocycles. The second kappa shape index (κ2) is 10.6. The summed E-state index contributed by atoms with van der Waals surface area (Å²) in [4.78, 5) is 24.2. The summed E-state index contributed by atoms with van der Waals surface area (Å²) >= 11 is 0. The van der Waals surface area contributed by atoms with Crippen molar-refractivity contribution in [2.24, 2.45) is 34.5 Å². The van der Waals surface area contributed by atoms with Crippen LogP contribution in [0.1, 0.15) is 86.0 Å². The number of esters is 2. The summed E-state index contributed by atoms with van der Waals surface area (Å²) in [5.41, 5.74) is 0.278. The van der Waals surface area contributed by atoms with Crippen molar-refractivity contribution in [3.63, 3.8) is 0 Å². The van der Waals surface area contributed by atoms with Crippen LogP contribution in [0.5, 0.6) is 0 Å². The highest BCUT2D eigenvalue weighted by Gasteiger charge is 2.70. The Labute approximate surface area is 243 Å². The van der Waals surface area contributed by atoms with Gasteiger partial charge < -0.3 is 33.5 Å². The molecule has 6 aliphatic rings. The molecule has 41 heavy (non-hydrogen) atoms. The lowest BCUT2D eigenvalue weighted by Crippen LogP contribution is -2.61. The first-order chi connectivity index (χ1) is 19.4. The van der Waals surface area contributed by atoms with E-state index < -0.39 is 18.0 Å². The fourth-order valence-electron chi connectivity index (χ4n) is 10.0. The van der Waals surface area contributed by atoms with E-state index in [9.17, 15) is 14.7 Å². The van der Waals surface area contributed by atoms with Crippen LogP contribution in [0.25, 0.3) is 0 Å². The number of hydrogen-bond donors (Lipinski definition) is 1. The molecule has 0 aromatic heterocycles. The number of methoxy groups -OCH3 is 1. The van der Waals surface area contributed by atoms with E-state index in [2.05, 4.69) is 20.8 Å². The molecule has 0 bridgehead atoms. The molecule has 3 heterocycles. The topological polar surface area (TPSA) is 110 Å². The average molecular weight is 577 g/mol. The van der Waals surface area contributed by atoms with Gasteiger partial charge in [0, 0.05) is 31.9 Å². The van der Waals surface area contributed by atoms with E-state index in [1.807, 2.05) is 6.92 Å². The van der Waals surface area contributed by atoms with Crippen molar-refractivity contribution in [2.45, 2.75) is 129 Å². The van der Waals surface area contributed by atoms with Crippen molar-refractivity contribution in [3.8, 4) is 0 Å². The summed E-state index contributed by atoms with van der Waals surface area (Å²) in [5.74, 6) is 0.460. The maximum atomic E-state index is 12.1. The van der Waals surface area contributed by atoms with Crippen LogP contribution in [-0.2, 0) is 38.0 Å². The molecule has 13 unspecified atom stereocenters. The molecule has 9 heteroatoms. The molecule has 2 saturated heterocycles. The monoisotopic (exact) mass is 576 g/mol. The van der Waals surface area contributed by atoms with Crippen molar-refractivity contribution in [3.05, 3.63) is 11.6 Å². The summed E-state index contributed by atoms with van der Waals surface area (Å²) in [7, 11) is 1.63. The summed E-state index contributed by atoms with van der Waals surface area (Å²) in [6, 6.07) is 0.